The first kappa shape index (κ1) is 20.8. The summed E-state index contributed by atoms with van der Waals surface area (Å²) in [7, 11) is 0. The van der Waals surface area contributed by atoms with E-state index < -0.39 is 29.3 Å². The third-order valence-electron chi connectivity index (χ3n) is 4.11. The number of benzene rings is 1. The van der Waals surface area contributed by atoms with Crippen LogP contribution < -0.4 is 0 Å². The molecular formula is C19H20N2O7. The summed E-state index contributed by atoms with van der Waals surface area (Å²) in [5.74, 6) is -2.27. The number of aryl methyl sites for hydroxylation is 3. The highest BCUT2D eigenvalue weighted by Crippen LogP contribution is 2.24. The SMILES string of the molecule is CCOC(=O)c1c(C)[nH]c(C)c1C(=O)COC(=O)c1cccc(C)c1[N+](=O)[O-]. The average Bonchev–Trinajstić information content (AvgIpc) is 2.93. The number of esters is 2. The number of hydrogen-bond acceptors (Lipinski definition) is 7. The smallest absolute Gasteiger partial charge is 0.345 e. The number of nitrogens with zero attached hydrogens (tertiary/aromatic N) is 1. The largest absolute Gasteiger partial charge is 0.462 e. The zero-order valence-corrected chi connectivity index (χ0v) is 16.0. The number of Topliss-reactive ketones (excluding diaryl/α,β-unsaturated/α-hetero) is 1. The Balaban J connectivity index is 2.25. The van der Waals surface area contributed by atoms with Gasteiger partial charge in [0.25, 0.3) is 5.69 Å². The van der Waals surface area contributed by atoms with Crippen molar-refractivity contribution in [1.29, 1.82) is 0 Å². The van der Waals surface area contributed by atoms with E-state index in [2.05, 4.69) is 4.98 Å². The summed E-state index contributed by atoms with van der Waals surface area (Å²) in [6, 6.07) is 4.24. The number of nitro groups is 1. The first-order chi connectivity index (χ1) is 13.2. The van der Waals surface area contributed by atoms with Gasteiger partial charge in [-0.15, -0.1) is 0 Å². The molecule has 0 aliphatic carbocycles. The lowest BCUT2D eigenvalue weighted by atomic mass is 10.1. The van der Waals surface area contributed by atoms with E-state index in [4.69, 9.17) is 9.47 Å². The molecule has 2 rings (SSSR count). The van der Waals surface area contributed by atoms with Crippen molar-refractivity contribution < 1.29 is 28.8 Å². The second-order valence-corrected chi connectivity index (χ2v) is 6.07. The number of hydrogen-bond donors (Lipinski definition) is 1. The number of carbonyl (C=O) groups is 3. The van der Waals surface area contributed by atoms with Crippen molar-refractivity contribution in [3.8, 4) is 0 Å². The Morgan fingerprint density at radius 2 is 1.68 bits per heavy atom. The Hall–Kier alpha value is -3.49. The van der Waals surface area contributed by atoms with Gasteiger partial charge in [-0.1, -0.05) is 12.1 Å². The lowest BCUT2D eigenvalue weighted by Gasteiger charge is -2.08. The molecule has 0 atom stereocenters. The monoisotopic (exact) mass is 388 g/mol. The van der Waals surface area contributed by atoms with Crippen LogP contribution in [0.5, 0.6) is 0 Å². The number of ketones is 1. The van der Waals surface area contributed by atoms with Gasteiger partial charge in [0.05, 0.1) is 22.7 Å². The Kier molecular flexibility index (Phi) is 6.29. The minimum Gasteiger partial charge on any atom is -0.462 e. The van der Waals surface area contributed by atoms with Crippen LogP contribution in [0.2, 0.25) is 0 Å². The quantitative estimate of drug-likeness (QED) is 0.334. The van der Waals surface area contributed by atoms with E-state index in [1.165, 1.54) is 25.1 Å². The van der Waals surface area contributed by atoms with E-state index in [9.17, 15) is 24.5 Å². The number of aromatic nitrogens is 1. The molecule has 28 heavy (non-hydrogen) atoms. The number of para-hydroxylation sites is 1. The second-order valence-electron chi connectivity index (χ2n) is 6.07. The summed E-state index contributed by atoms with van der Waals surface area (Å²) in [4.78, 5) is 50.5. The highest BCUT2D eigenvalue weighted by molar-refractivity contribution is 6.09. The maximum absolute atomic E-state index is 12.6. The molecule has 1 heterocycles. The zero-order valence-electron chi connectivity index (χ0n) is 16.0. The van der Waals surface area contributed by atoms with E-state index in [0.717, 1.165) is 0 Å². The molecule has 1 aromatic carbocycles. The molecular weight excluding hydrogens is 368 g/mol. The molecule has 0 saturated carbocycles. The molecule has 1 aromatic heterocycles. The van der Waals surface area contributed by atoms with Gasteiger partial charge in [-0.3, -0.25) is 14.9 Å². The highest BCUT2D eigenvalue weighted by atomic mass is 16.6. The van der Waals surface area contributed by atoms with Gasteiger partial charge in [0.1, 0.15) is 5.56 Å². The van der Waals surface area contributed by atoms with Crippen LogP contribution in [0, 0.1) is 30.9 Å². The maximum Gasteiger partial charge on any atom is 0.345 e. The summed E-state index contributed by atoms with van der Waals surface area (Å²) in [5.41, 5.74) is 0.728. The van der Waals surface area contributed by atoms with Gasteiger partial charge in [0, 0.05) is 17.0 Å². The van der Waals surface area contributed by atoms with Crippen molar-refractivity contribution in [2.24, 2.45) is 0 Å². The van der Waals surface area contributed by atoms with Crippen LogP contribution >= 0.6 is 0 Å². The molecule has 0 aliphatic rings. The molecule has 0 amide bonds. The van der Waals surface area contributed by atoms with Gasteiger partial charge in [0.15, 0.2) is 6.61 Å². The maximum atomic E-state index is 12.6. The van der Waals surface area contributed by atoms with Gasteiger partial charge in [0.2, 0.25) is 5.78 Å². The van der Waals surface area contributed by atoms with Gasteiger partial charge < -0.3 is 14.5 Å². The number of rotatable bonds is 7. The molecule has 148 valence electrons. The van der Waals surface area contributed by atoms with Crippen molar-refractivity contribution in [2.45, 2.75) is 27.7 Å². The predicted molar refractivity (Wildman–Crippen MR) is 98.7 cm³/mol. The predicted octanol–water partition coefficient (Wildman–Crippen LogP) is 3.06. The third kappa shape index (κ3) is 4.08. The molecule has 0 aliphatic heterocycles. The topological polar surface area (TPSA) is 129 Å². The van der Waals surface area contributed by atoms with E-state index in [1.54, 1.807) is 20.8 Å². The minimum absolute atomic E-state index is 0.0718. The standard InChI is InChI=1S/C19H20N2O7/c1-5-27-19(24)16-12(4)20-11(3)15(16)14(22)9-28-18(23)13-8-6-7-10(2)17(13)21(25)26/h6-8,20H,5,9H2,1-4H3. The molecule has 0 radical (unpaired) electrons. The van der Waals surface area contributed by atoms with E-state index in [-0.39, 0.29) is 29.0 Å². The summed E-state index contributed by atoms with van der Waals surface area (Å²) >= 11 is 0. The van der Waals surface area contributed by atoms with Gasteiger partial charge in [-0.25, -0.2) is 9.59 Å². The molecule has 0 unspecified atom stereocenters. The number of aromatic amines is 1. The first-order valence-corrected chi connectivity index (χ1v) is 8.49. The summed E-state index contributed by atoms with van der Waals surface area (Å²) in [5, 5.41) is 11.2. The first-order valence-electron chi connectivity index (χ1n) is 8.49. The Bertz CT molecular complexity index is 959. The number of carbonyl (C=O) groups excluding carboxylic acids is 3. The van der Waals surface area contributed by atoms with Crippen LogP contribution in [0.1, 0.15) is 54.9 Å². The number of nitrogens with one attached hydrogen (secondary N) is 1. The van der Waals surface area contributed by atoms with Gasteiger partial charge in [-0.2, -0.15) is 0 Å². The van der Waals surface area contributed by atoms with Crippen molar-refractivity contribution in [2.75, 3.05) is 13.2 Å². The van der Waals surface area contributed by atoms with E-state index in [0.29, 0.717) is 17.0 Å². The van der Waals surface area contributed by atoms with E-state index in [1.807, 2.05) is 0 Å². The lowest BCUT2D eigenvalue weighted by Crippen LogP contribution is -2.18. The van der Waals surface area contributed by atoms with Crippen LogP contribution in [-0.2, 0) is 9.47 Å². The number of H-pyrrole nitrogens is 1. The Morgan fingerprint density at radius 3 is 2.29 bits per heavy atom. The third-order valence-corrected chi connectivity index (χ3v) is 4.11. The van der Waals surface area contributed by atoms with Crippen LogP contribution in [0.15, 0.2) is 18.2 Å². The molecule has 0 spiro atoms. The molecule has 1 N–H and O–H groups in total. The van der Waals surface area contributed by atoms with Crippen molar-refractivity contribution in [3.63, 3.8) is 0 Å². The fourth-order valence-electron chi connectivity index (χ4n) is 2.94. The Labute approximate surface area is 160 Å². The van der Waals surface area contributed by atoms with Gasteiger partial charge in [-0.05, 0) is 33.8 Å². The fourth-order valence-corrected chi connectivity index (χ4v) is 2.94. The Morgan fingerprint density at radius 1 is 1.04 bits per heavy atom. The van der Waals surface area contributed by atoms with Crippen molar-refractivity contribution >= 4 is 23.4 Å². The van der Waals surface area contributed by atoms with Crippen molar-refractivity contribution in [1.82, 2.24) is 4.98 Å². The molecule has 9 nitrogen and oxygen atoms in total. The minimum atomic E-state index is -0.994. The van der Waals surface area contributed by atoms with Crippen LogP contribution in [0.4, 0.5) is 5.69 Å². The van der Waals surface area contributed by atoms with E-state index >= 15 is 0 Å². The summed E-state index contributed by atoms with van der Waals surface area (Å²) < 4.78 is 9.96. The van der Waals surface area contributed by atoms with Crippen LogP contribution in [0.25, 0.3) is 0 Å². The molecule has 2 aromatic rings. The lowest BCUT2D eigenvalue weighted by molar-refractivity contribution is -0.385. The molecule has 0 bridgehead atoms. The highest BCUT2D eigenvalue weighted by Gasteiger charge is 2.28. The molecule has 0 fully saturated rings. The van der Waals surface area contributed by atoms with Crippen molar-refractivity contribution in [3.05, 3.63) is 62.0 Å². The second kappa shape index (κ2) is 8.47. The average molecular weight is 388 g/mol. The van der Waals surface area contributed by atoms with Gasteiger partial charge >= 0.3 is 11.9 Å². The normalized spacial score (nSPS) is 10.4. The zero-order chi connectivity index (χ0) is 21.0. The number of nitro benzene ring substituents is 1. The number of ether oxygens (including phenoxy) is 2. The van der Waals surface area contributed by atoms with Crippen LogP contribution in [-0.4, -0.2) is 40.8 Å². The van der Waals surface area contributed by atoms with Crippen LogP contribution in [0.3, 0.4) is 0 Å². The summed E-state index contributed by atoms with van der Waals surface area (Å²) in [6.07, 6.45) is 0. The molecule has 9 heteroatoms. The molecule has 0 saturated heterocycles. The fraction of sp³-hybridized carbons (Fsp3) is 0.316. The summed E-state index contributed by atoms with van der Waals surface area (Å²) in [6.45, 7) is 5.84.